The first kappa shape index (κ1) is 23.2. The number of hydrogen-bond acceptors (Lipinski definition) is 6. The van der Waals surface area contributed by atoms with Crippen molar-refractivity contribution < 1.29 is 18.7 Å². The zero-order valence-corrected chi connectivity index (χ0v) is 19.3. The van der Waals surface area contributed by atoms with Crippen molar-refractivity contribution in [1.82, 2.24) is 20.1 Å². The molecule has 1 unspecified atom stereocenters. The Kier molecular flexibility index (Phi) is 6.72. The van der Waals surface area contributed by atoms with Crippen molar-refractivity contribution in [3.63, 3.8) is 0 Å². The third-order valence-corrected chi connectivity index (χ3v) is 5.73. The summed E-state index contributed by atoms with van der Waals surface area (Å²) in [5, 5.41) is 7.10. The molecule has 1 aliphatic heterocycles. The molecule has 0 spiro atoms. The number of nitrogens with zero attached hydrogens (tertiary/aromatic N) is 4. The van der Waals surface area contributed by atoms with Crippen LogP contribution in [-0.4, -0.2) is 39.8 Å². The van der Waals surface area contributed by atoms with E-state index in [1.165, 1.54) is 12.4 Å². The molecule has 1 atom stereocenters. The van der Waals surface area contributed by atoms with Gasteiger partial charge in [0.25, 0.3) is 0 Å². The topological polar surface area (TPSA) is 89.3 Å². The summed E-state index contributed by atoms with van der Waals surface area (Å²) in [7, 11) is 0. The highest BCUT2D eigenvalue weighted by Gasteiger charge is 2.38. The van der Waals surface area contributed by atoms with Crippen LogP contribution in [0.1, 0.15) is 36.6 Å². The molecule has 1 aromatic heterocycles. The molecule has 1 aliphatic rings. The van der Waals surface area contributed by atoms with E-state index in [1.54, 1.807) is 41.6 Å². The van der Waals surface area contributed by atoms with E-state index < -0.39 is 12.0 Å². The minimum absolute atomic E-state index is 0.0471. The van der Waals surface area contributed by atoms with E-state index in [1.807, 2.05) is 31.2 Å². The van der Waals surface area contributed by atoms with Crippen molar-refractivity contribution in [2.24, 2.45) is 0 Å². The largest absolute Gasteiger partial charge is 0.463 e. The van der Waals surface area contributed by atoms with Crippen LogP contribution < -0.4 is 10.2 Å². The highest BCUT2D eigenvalue weighted by molar-refractivity contribution is 5.93. The van der Waals surface area contributed by atoms with Gasteiger partial charge in [-0.25, -0.2) is 13.9 Å². The molecule has 0 aliphatic carbocycles. The number of fused-ring (bicyclic) bond motifs is 1. The Morgan fingerprint density at radius 1 is 1.12 bits per heavy atom. The zero-order valence-electron chi connectivity index (χ0n) is 19.3. The van der Waals surface area contributed by atoms with Crippen LogP contribution in [0.15, 0.2) is 66.1 Å². The van der Waals surface area contributed by atoms with Crippen molar-refractivity contribution in [1.29, 1.82) is 0 Å². The molecule has 8 nitrogen and oxygen atoms in total. The van der Waals surface area contributed by atoms with E-state index in [-0.39, 0.29) is 31.4 Å². The quantitative estimate of drug-likeness (QED) is 0.541. The summed E-state index contributed by atoms with van der Waals surface area (Å²) in [4.78, 5) is 31.8. The lowest BCUT2D eigenvalue weighted by Crippen LogP contribution is -2.42. The fourth-order valence-corrected chi connectivity index (χ4v) is 3.98. The number of rotatable bonds is 7. The lowest BCUT2D eigenvalue weighted by molar-refractivity contribution is -0.139. The van der Waals surface area contributed by atoms with Crippen LogP contribution in [0.4, 0.5) is 10.3 Å². The van der Waals surface area contributed by atoms with E-state index in [4.69, 9.17) is 4.74 Å². The molecule has 2 aromatic carbocycles. The summed E-state index contributed by atoms with van der Waals surface area (Å²) in [6.45, 7) is 5.63. The number of nitrogens with one attached hydrogen (secondary N) is 1. The van der Waals surface area contributed by atoms with Crippen molar-refractivity contribution in [2.75, 3.05) is 18.1 Å². The van der Waals surface area contributed by atoms with Gasteiger partial charge >= 0.3 is 5.97 Å². The highest BCUT2D eigenvalue weighted by atomic mass is 19.1. The SMILES string of the molecule is CCOC(=O)C1=C(C)N(CC(=O)NCc2ccccc2F)c2ncnn2C1c1ccc(C)cc1. The molecule has 0 saturated carbocycles. The molecule has 4 rings (SSSR count). The standard InChI is InChI=1S/C25H26FN5O3/c1-4-34-24(33)22-17(3)30(14-21(32)27-13-19-7-5-6-8-20(19)26)25-28-15-29-31(25)23(22)18-11-9-16(2)10-12-18/h5-12,15,23H,4,13-14H2,1-3H3,(H,27,32). The Morgan fingerprint density at radius 2 is 1.85 bits per heavy atom. The molecule has 0 bridgehead atoms. The van der Waals surface area contributed by atoms with E-state index in [0.29, 0.717) is 22.8 Å². The maximum Gasteiger partial charge on any atom is 0.338 e. The number of halogens is 1. The predicted molar refractivity (Wildman–Crippen MR) is 124 cm³/mol. The van der Waals surface area contributed by atoms with Crippen LogP contribution >= 0.6 is 0 Å². The van der Waals surface area contributed by atoms with Crippen molar-refractivity contribution in [2.45, 2.75) is 33.4 Å². The van der Waals surface area contributed by atoms with Crippen molar-refractivity contribution in [3.8, 4) is 0 Å². The van der Waals surface area contributed by atoms with E-state index in [2.05, 4.69) is 15.4 Å². The smallest absolute Gasteiger partial charge is 0.338 e. The van der Waals surface area contributed by atoms with Gasteiger partial charge in [-0.15, -0.1) is 0 Å². The number of ether oxygens (including phenoxy) is 1. The van der Waals surface area contributed by atoms with Crippen LogP contribution in [0, 0.1) is 12.7 Å². The molecule has 1 amide bonds. The number of esters is 1. The Morgan fingerprint density at radius 3 is 2.56 bits per heavy atom. The average molecular weight is 464 g/mol. The van der Waals surface area contributed by atoms with E-state index >= 15 is 0 Å². The lowest BCUT2D eigenvalue weighted by Gasteiger charge is -2.35. The molecule has 1 N–H and O–H groups in total. The summed E-state index contributed by atoms with van der Waals surface area (Å²) in [6, 6.07) is 13.5. The summed E-state index contributed by atoms with van der Waals surface area (Å²) >= 11 is 0. The molecule has 9 heteroatoms. The molecule has 0 radical (unpaired) electrons. The van der Waals surface area contributed by atoms with Crippen molar-refractivity contribution >= 4 is 17.8 Å². The van der Waals surface area contributed by atoms with Gasteiger partial charge in [0.15, 0.2) is 0 Å². The average Bonchev–Trinajstić information content (AvgIpc) is 3.30. The number of hydrogen-bond donors (Lipinski definition) is 1. The molecule has 3 aromatic rings. The monoisotopic (exact) mass is 463 g/mol. The summed E-state index contributed by atoms with van der Waals surface area (Å²) in [5.74, 6) is -0.795. The highest BCUT2D eigenvalue weighted by Crippen LogP contribution is 2.38. The summed E-state index contributed by atoms with van der Waals surface area (Å²) in [5.41, 5.74) is 3.25. The van der Waals surface area contributed by atoms with Crippen LogP contribution in [0.25, 0.3) is 0 Å². The number of aromatic nitrogens is 3. The van der Waals surface area contributed by atoms with Crippen LogP contribution in [-0.2, 0) is 20.9 Å². The number of carbonyl (C=O) groups excluding carboxylic acids is 2. The van der Waals surface area contributed by atoms with Gasteiger partial charge in [0, 0.05) is 17.8 Å². The van der Waals surface area contributed by atoms with Crippen LogP contribution in [0.5, 0.6) is 0 Å². The van der Waals surface area contributed by atoms with E-state index in [9.17, 15) is 14.0 Å². The fourth-order valence-electron chi connectivity index (χ4n) is 3.98. The van der Waals surface area contributed by atoms with Gasteiger partial charge in [0.1, 0.15) is 24.7 Å². The first-order valence-electron chi connectivity index (χ1n) is 11.0. The third kappa shape index (κ3) is 4.54. The molecule has 0 saturated heterocycles. The van der Waals surface area contributed by atoms with Gasteiger partial charge in [-0.05, 0) is 32.4 Å². The van der Waals surface area contributed by atoms with E-state index in [0.717, 1.165) is 11.1 Å². The van der Waals surface area contributed by atoms with Gasteiger partial charge < -0.3 is 15.0 Å². The minimum Gasteiger partial charge on any atom is -0.463 e. The number of amides is 1. The second-order valence-corrected chi connectivity index (χ2v) is 7.99. The molecule has 34 heavy (non-hydrogen) atoms. The second kappa shape index (κ2) is 9.86. The molecular formula is C25H26FN5O3. The fraction of sp³-hybridized carbons (Fsp3) is 0.280. The Balaban J connectivity index is 1.66. The number of aryl methyl sites for hydroxylation is 1. The molecule has 0 fully saturated rings. The summed E-state index contributed by atoms with van der Waals surface area (Å²) < 4.78 is 20.9. The van der Waals surface area contributed by atoms with Crippen LogP contribution in [0.3, 0.4) is 0 Å². The number of benzene rings is 2. The van der Waals surface area contributed by atoms with Gasteiger partial charge in [-0.3, -0.25) is 4.79 Å². The van der Waals surface area contributed by atoms with Gasteiger partial charge in [-0.1, -0.05) is 48.0 Å². The first-order chi connectivity index (χ1) is 16.4. The maximum absolute atomic E-state index is 13.9. The first-order valence-corrected chi connectivity index (χ1v) is 11.0. The Hall–Kier alpha value is -4.01. The number of anilines is 1. The third-order valence-electron chi connectivity index (χ3n) is 5.73. The Labute approximate surface area is 197 Å². The van der Waals surface area contributed by atoms with Gasteiger partial charge in [-0.2, -0.15) is 10.1 Å². The number of carbonyl (C=O) groups is 2. The minimum atomic E-state index is -0.546. The van der Waals surface area contributed by atoms with Gasteiger partial charge in [0.05, 0.1) is 12.2 Å². The predicted octanol–water partition coefficient (Wildman–Crippen LogP) is 3.29. The normalized spacial score (nSPS) is 15.2. The molecule has 2 heterocycles. The number of allylic oxidation sites excluding steroid dienone is 1. The van der Waals surface area contributed by atoms with Crippen LogP contribution in [0.2, 0.25) is 0 Å². The van der Waals surface area contributed by atoms with Gasteiger partial charge in [0.2, 0.25) is 11.9 Å². The second-order valence-electron chi connectivity index (χ2n) is 7.99. The lowest BCUT2D eigenvalue weighted by atomic mass is 9.94. The molecular weight excluding hydrogens is 437 g/mol. The summed E-state index contributed by atoms with van der Waals surface area (Å²) in [6.07, 6.45) is 1.39. The maximum atomic E-state index is 13.9. The Bertz CT molecular complexity index is 1240. The zero-order chi connectivity index (χ0) is 24.2. The van der Waals surface area contributed by atoms with Crippen molar-refractivity contribution in [3.05, 3.63) is 88.6 Å². The molecule has 176 valence electrons.